The number of aromatic nitrogens is 4. The number of hydrogen-bond donors (Lipinski definition) is 4. The van der Waals surface area contributed by atoms with Crippen LogP contribution in [0.5, 0.6) is 0 Å². The lowest BCUT2D eigenvalue weighted by molar-refractivity contribution is 0.252. The zero-order valence-corrected chi connectivity index (χ0v) is 22.0. The van der Waals surface area contributed by atoms with Gasteiger partial charge < -0.3 is 5.32 Å². The molecular formula is C25H34N8O2S. The first-order valence-corrected chi connectivity index (χ1v) is 13.1. The summed E-state index contributed by atoms with van der Waals surface area (Å²) in [6.45, 7) is 9.58. The summed E-state index contributed by atoms with van der Waals surface area (Å²) in [5.74, 6) is 1.86. The first-order chi connectivity index (χ1) is 17.2. The van der Waals surface area contributed by atoms with E-state index in [-0.39, 0.29) is 17.5 Å². The molecule has 0 aromatic carbocycles. The van der Waals surface area contributed by atoms with Gasteiger partial charge in [-0.2, -0.15) is 5.10 Å². The van der Waals surface area contributed by atoms with Crippen LogP contribution in [0, 0.1) is 5.92 Å². The van der Waals surface area contributed by atoms with Gasteiger partial charge in [-0.05, 0) is 56.2 Å². The van der Waals surface area contributed by atoms with Gasteiger partial charge in [-0.25, -0.2) is 24.2 Å². The molecule has 3 heterocycles. The van der Waals surface area contributed by atoms with E-state index in [0.29, 0.717) is 29.2 Å². The Labute approximate surface area is 215 Å². The molecule has 1 saturated carbocycles. The second-order valence-electron chi connectivity index (χ2n) is 10.0. The van der Waals surface area contributed by atoms with Crippen LogP contribution >= 0.6 is 11.3 Å². The zero-order valence-electron chi connectivity index (χ0n) is 21.2. The lowest BCUT2D eigenvalue weighted by atomic mass is 9.92. The highest BCUT2D eigenvalue weighted by molar-refractivity contribution is 7.15. The molecule has 1 aliphatic carbocycles. The minimum Gasteiger partial charge on any atom is -0.338 e. The number of amides is 4. The first-order valence-electron chi connectivity index (χ1n) is 12.3. The smallest absolute Gasteiger partial charge is 0.326 e. The maximum Gasteiger partial charge on any atom is 0.326 e. The molecule has 0 unspecified atom stereocenters. The molecule has 10 nitrogen and oxygen atoms in total. The van der Waals surface area contributed by atoms with Gasteiger partial charge in [0.15, 0.2) is 5.13 Å². The molecule has 36 heavy (non-hydrogen) atoms. The summed E-state index contributed by atoms with van der Waals surface area (Å²) in [7, 11) is 0. The molecule has 0 bridgehead atoms. The Morgan fingerprint density at radius 3 is 2.61 bits per heavy atom. The molecule has 0 saturated heterocycles. The molecule has 192 valence electrons. The molecule has 4 amide bonds. The van der Waals surface area contributed by atoms with Gasteiger partial charge in [-0.1, -0.05) is 20.8 Å². The minimum atomic E-state index is -0.330. The molecule has 0 atom stereocenters. The molecule has 4 N–H and O–H groups in total. The van der Waals surface area contributed by atoms with Crippen LogP contribution in [-0.4, -0.2) is 38.4 Å². The quantitative estimate of drug-likeness (QED) is 0.322. The summed E-state index contributed by atoms with van der Waals surface area (Å²) < 4.78 is 1.91. The van der Waals surface area contributed by atoms with E-state index in [9.17, 15) is 9.59 Å². The number of nitrogens with zero attached hydrogens (tertiary/aromatic N) is 4. The Bertz CT molecular complexity index is 1210. The Kier molecular flexibility index (Phi) is 7.88. The maximum atomic E-state index is 12.7. The van der Waals surface area contributed by atoms with Crippen LogP contribution in [-0.2, 0) is 24.8 Å². The fraction of sp³-hybridized carbons (Fsp3) is 0.480. The third-order valence-electron chi connectivity index (χ3n) is 5.76. The van der Waals surface area contributed by atoms with Gasteiger partial charge >= 0.3 is 12.1 Å². The number of thiazole rings is 1. The number of rotatable bonds is 9. The number of hydrogen-bond acceptors (Lipinski definition) is 6. The van der Waals surface area contributed by atoms with E-state index >= 15 is 0 Å². The lowest BCUT2D eigenvalue weighted by Crippen LogP contribution is -2.28. The molecular weight excluding hydrogens is 476 g/mol. The molecule has 0 aliphatic heterocycles. The molecule has 1 fully saturated rings. The van der Waals surface area contributed by atoms with Crippen molar-refractivity contribution in [1.29, 1.82) is 0 Å². The van der Waals surface area contributed by atoms with Crippen LogP contribution < -0.4 is 21.3 Å². The number of carbonyl (C=O) groups excluding carboxylic acids is 2. The van der Waals surface area contributed by atoms with Crippen molar-refractivity contribution in [2.24, 2.45) is 5.92 Å². The summed E-state index contributed by atoms with van der Waals surface area (Å²) >= 11 is 1.45. The van der Waals surface area contributed by atoms with Crippen LogP contribution in [0.1, 0.15) is 56.7 Å². The van der Waals surface area contributed by atoms with Gasteiger partial charge in [0.05, 0.1) is 5.69 Å². The Balaban J connectivity index is 1.32. The third kappa shape index (κ3) is 7.27. The van der Waals surface area contributed by atoms with E-state index in [1.807, 2.05) is 29.8 Å². The predicted molar refractivity (Wildman–Crippen MR) is 143 cm³/mol. The van der Waals surface area contributed by atoms with E-state index < -0.39 is 0 Å². The zero-order chi connectivity index (χ0) is 25.7. The monoisotopic (exact) mass is 510 g/mol. The maximum absolute atomic E-state index is 12.7. The number of urea groups is 2. The largest absolute Gasteiger partial charge is 0.338 e. The lowest BCUT2D eigenvalue weighted by Gasteiger charge is -2.14. The van der Waals surface area contributed by atoms with Crippen molar-refractivity contribution in [1.82, 2.24) is 25.1 Å². The van der Waals surface area contributed by atoms with Gasteiger partial charge in [0.1, 0.15) is 11.6 Å². The normalized spacial score (nSPS) is 13.3. The summed E-state index contributed by atoms with van der Waals surface area (Å²) in [4.78, 5) is 34.0. The molecule has 0 radical (unpaired) electrons. The van der Waals surface area contributed by atoms with Crippen LogP contribution in [0.3, 0.4) is 0 Å². The molecule has 11 heteroatoms. The van der Waals surface area contributed by atoms with Crippen molar-refractivity contribution in [3.05, 3.63) is 46.7 Å². The van der Waals surface area contributed by atoms with Crippen molar-refractivity contribution in [3.63, 3.8) is 0 Å². The van der Waals surface area contributed by atoms with E-state index in [1.54, 1.807) is 12.4 Å². The number of aryl methyl sites for hydroxylation is 2. The van der Waals surface area contributed by atoms with Gasteiger partial charge in [0.25, 0.3) is 0 Å². The van der Waals surface area contributed by atoms with Crippen molar-refractivity contribution in [2.45, 2.75) is 65.3 Å². The number of pyridine rings is 1. The van der Waals surface area contributed by atoms with Gasteiger partial charge in [-0.15, -0.1) is 11.3 Å². The standard InChI is InChI=1S/C25H34N8O2S/c1-5-26-22(34)29-20-12-16(10-11-27-20)8-9-18-14-28-24(36-18)31-23(35)30-21-13-19(25(2,3)4)32-33(21)15-17-6-7-17/h10-14,17H,5-9,15H2,1-4H3,(H2,26,27,29,34)(H2,28,30,31,35). The van der Waals surface area contributed by atoms with E-state index in [1.165, 1.54) is 24.2 Å². The summed E-state index contributed by atoms with van der Waals surface area (Å²) in [6, 6.07) is 5.14. The SMILES string of the molecule is CCNC(=O)Nc1cc(CCc2cnc(NC(=O)Nc3cc(C(C)(C)C)nn3CC3CC3)s2)ccn1. The third-order valence-corrected chi connectivity index (χ3v) is 6.73. The summed E-state index contributed by atoms with van der Waals surface area (Å²) in [5, 5.41) is 16.5. The molecule has 3 aromatic rings. The van der Waals surface area contributed by atoms with E-state index in [2.05, 4.69) is 52.0 Å². The average Bonchev–Trinajstić information content (AvgIpc) is 3.36. The van der Waals surface area contributed by atoms with Crippen molar-refractivity contribution in [2.75, 3.05) is 22.5 Å². The average molecular weight is 511 g/mol. The fourth-order valence-corrected chi connectivity index (χ4v) is 4.39. The van der Waals surface area contributed by atoms with E-state index in [4.69, 9.17) is 5.10 Å². The Morgan fingerprint density at radius 2 is 1.89 bits per heavy atom. The van der Waals surface area contributed by atoms with Crippen LogP contribution in [0.2, 0.25) is 0 Å². The topological polar surface area (TPSA) is 126 Å². The predicted octanol–water partition coefficient (Wildman–Crippen LogP) is 5.01. The van der Waals surface area contributed by atoms with Gasteiger partial charge in [0.2, 0.25) is 0 Å². The van der Waals surface area contributed by atoms with E-state index in [0.717, 1.165) is 35.5 Å². The second kappa shape index (κ2) is 11.1. The van der Waals surface area contributed by atoms with Crippen LogP contribution in [0.25, 0.3) is 0 Å². The van der Waals surface area contributed by atoms with Crippen LogP contribution in [0.4, 0.5) is 26.4 Å². The van der Waals surface area contributed by atoms with Gasteiger partial charge in [0, 0.05) is 41.8 Å². The highest BCUT2D eigenvalue weighted by atomic mass is 32.1. The summed E-state index contributed by atoms with van der Waals surface area (Å²) in [6.07, 6.45) is 7.41. The van der Waals surface area contributed by atoms with Crippen LogP contribution in [0.15, 0.2) is 30.6 Å². The number of anilines is 3. The van der Waals surface area contributed by atoms with Crippen molar-refractivity contribution < 1.29 is 9.59 Å². The second-order valence-corrected chi connectivity index (χ2v) is 11.2. The summed E-state index contributed by atoms with van der Waals surface area (Å²) in [5.41, 5.74) is 1.91. The Morgan fingerprint density at radius 1 is 1.08 bits per heavy atom. The highest BCUT2D eigenvalue weighted by Gasteiger charge is 2.26. The van der Waals surface area contributed by atoms with Gasteiger partial charge in [-0.3, -0.25) is 16.0 Å². The Hall–Kier alpha value is -3.47. The first kappa shape index (κ1) is 25.6. The molecule has 1 aliphatic rings. The fourth-order valence-electron chi connectivity index (χ4n) is 3.58. The number of nitrogens with one attached hydrogen (secondary N) is 4. The molecule has 0 spiro atoms. The highest BCUT2D eigenvalue weighted by Crippen LogP contribution is 2.33. The molecule has 3 aromatic heterocycles. The molecule has 4 rings (SSSR count). The van der Waals surface area contributed by atoms with Crippen molar-refractivity contribution in [3.8, 4) is 0 Å². The minimum absolute atomic E-state index is 0.0977. The number of carbonyl (C=O) groups is 2. The van der Waals surface area contributed by atoms with Crippen molar-refractivity contribution >= 4 is 40.2 Å².